The molecular formula is C23H29N3O2. The monoisotopic (exact) mass is 379 g/mol. The van der Waals surface area contributed by atoms with Crippen molar-refractivity contribution >= 4 is 5.91 Å². The second kappa shape index (κ2) is 7.50. The number of carbonyl (C=O) groups excluding carboxylic acids is 1. The van der Waals surface area contributed by atoms with Gasteiger partial charge < -0.3 is 10.1 Å². The zero-order chi connectivity index (χ0) is 19.1. The Labute approximate surface area is 167 Å². The molecule has 5 fully saturated rings. The minimum atomic E-state index is -0.384. The van der Waals surface area contributed by atoms with Crippen molar-refractivity contribution in [1.82, 2.24) is 10.2 Å². The van der Waals surface area contributed by atoms with Gasteiger partial charge in [-0.25, -0.2) is 0 Å². The average Bonchev–Trinajstić information content (AvgIpc) is 2.70. The minimum absolute atomic E-state index is 0.0768. The Morgan fingerprint density at radius 3 is 2.64 bits per heavy atom. The molecule has 5 nitrogen and oxygen atoms in total. The van der Waals surface area contributed by atoms with E-state index in [0.29, 0.717) is 36.6 Å². The predicted octanol–water partition coefficient (Wildman–Crippen LogP) is 2.70. The molecule has 4 bridgehead atoms. The largest absolute Gasteiger partial charge is 0.366 e. The van der Waals surface area contributed by atoms with Gasteiger partial charge in [0.15, 0.2) is 0 Å². The molecule has 1 aromatic carbocycles. The third-order valence-electron chi connectivity index (χ3n) is 7.44. The van der Waals surface area contributed by atoms with E-state index in [1.54, 1.807) is 0 Å². The van der Waals surface area contributed by atoms with Crippen LogP contribution in [0.25, 0.3) is 0 Å². The van der Waals surface area contributed by atoms with Crippen LogP contribution in [0.3, 0.4) is 0 Å². The van der Waals surface area contributed by atoms with Gasteiger partial charge in [0.1, 0.15) is 6.10 Å². The quantitative estimate of drug-likeness (QED) is 0.874. The Bertz CT molecular complexity index is 758. The van der Waals surface area contributed by atoms with Crippen molar-refractivity contribution in [3.63, 3.8) is 0 Å². The van der Waals surface area contributed by atoms with Crippen LogP contribution in [0.15, 0.2) is 24.3 Å². The number of amides is 1. The van der Waals surface area contributed by atoms with Crippen molar-refractivity contribution in [2.24, 2.45) is 23.7 Å². The summed E-state index contributed by atoms with van der Waals surface area (Å²) in [7, 11) is 0. The first kappa shape index (κ1) is 18.1. The topological polar surface area (TPSA) is 65.4 Å². The van der Waals surface area contributed by atoms with Crippen LogP contribution in [0, 0.1) is 35.0 Å². The highest BCUT2D eigenvalue weighted by atomic mass is 16.5. The summed E-state index contributed by atoms with van der Waals surface area (Å²) >= 11 is 0. The van der Waals surface area contributed by atoms with Crippen molar-refractivity contribution in [3.05, 3.63) is 35.4 Å². The second-order valence-electron chi connectivity index (χ2n) is 9.37. The maximum Gasteiger partial charge on any atom is 0.250 e. The fourth-order valence-corrected chi connectivity index (χ4v) is 6.42. The van der Waals surface area contributed by atoms with Crippen molar-refractivity contribution in [1.29, 1.82) is 5.26 Å². The van der Waals surface area contributed by atoms with Crippen molar-refractivity contribution in [2.75, 3.05) is 19.7 Å². The molecule has 0 spiro atoms. The van der Waals surface area contributed by atoms with E-state index < -0.39 is 0 Å². The summed E-state index contributed by atoms with van der Waals surface area (Å²) in [6, 6.07) is 10.3. The average molecular weight is 380 g/mol. The number of hydrogen-bond acceptors (Lipinski definition) is 4. The van der Waals surface area contributed by atoms with E-state index >= 15 is 0 Å². The van der Waals surface area contributed by atoms with Crippen LogP contribution in [0.4, 0.5) is 0 Å². The fraction of sp³-hybridized carbons (Fsp3) is 0.652. The summed E-state index contributed by atoms with van der Waals surface area (Å²) in [5, 5.41) is 12.5. The highest BCUT2D eigenvalue weighted by Gasteiger charge is 2.49. The van der Waals surface area contributed by atoms with E-state index in [9.17, 15) is 4.79 Å². The number of nitrogens with zero attached hydrogens (tertiary/aromatic N) is 2. The van der Waals surface area contributed by atoms with Gasteiger partial charge in [-0.3, -0.25) is 9.69 Å². The molecule has 0 aromatic heterocycles. The molecule has 1 unspecified atom stereocenters. The predicted molar refractivity (Wildman–Crippen MR) is 105 cm³/mol. The first-order valence-corrected chi connectivity index (χ1v) is 10.8. The van der Waals surface area contributed by atoms with Crippen LogP contribution >= 0.6 is 0 Å². The molecule has 5 heteroatoms. The number of benzene rings is 1. The van der Waals surface area contributed by atoms with E-state index in [4.69, 9.17) is 10.00 Å². The number of nitrogens with one attached hydrogen (secondary N) is 1. The Hall–Kier alpha value is -1.90. The summed E-state index contributed by atoms with van der Waals surface area (Å²) in [6.07, 6.45) is 6.29. The SMILES string of the molecule is N#Cc1cccc(CN2CCOC(C(=O)NC3C4CC5CC(C4)CC3C5)C2)c1. The number of morpholine rings is 1. The van der Waals surface area contributed by atoms with Crippen LogP contribution in [-0.4, -0.2) is 42.6 Å². The van der Waals surface area contributed by atoms with Crippen LogP contribution in [-0.2, 0) is 16.1 Å². The Morgan fingerprint density at radius 2 is 1.93 bits per heavy atom. The van der Waals surface area contributed by atoms with E-state index in [0.717, 1.165) is 30.5 Å². The van der Waals surface area contributed by atoms with Crippen molar-refractivity contribution in [3.8, 4) is 6.07 Å². The zero-order valence-corrected chi connectivity index (χ0v) is 16.3. The van der Waals surface area contributed by atoms with Gasteiger partial charge in [-0.1, -0.05) is 12.1 Å². The molecule has 28 heavy (non-hydrogen) atoms. The van der Waals surface area contributed by atoms with Crippen molar-refractivity contribution in [2.45, 2.75) is 50.8 Å². The number of hydrogen-bond donors (Lipinski definition) is 1. The van der Waals surface area contributed by atoms with Gasteiger partial charge in [-0.05, 0) is 73.5 Å². The minimum Gasteiger partial charge on any atom is -0.366 e. The number of carbonyl (C=O) groups is 1. The summed E-state index contributed by atoms with van der Waals surface area (Å²) < 4.78 is 5.84. The van der Waals surface area contributed by atoms with Gasteiger partial charge in [0.2, 0.25) is 0 Å². The molecule has 1 aliphatic heterocycles. The molecule has 1 aromatic rings. The first-order valence-electron chi connectivity index (χ1n) is 10.8. The maximum absolute atomic E-state index is 13.0. The van der Waals surface area contributed by atoms with E-state index in [2.05, 4.69) is 16.3 Å². The summed E-state index contributed by atoms with van der Waals surface area (Å²) in [5.41, 5.74) is 1.79. The lowest BCUT2D eigenvalue weighted by Gasteiger charge is -2.54. The van der Waals surface area contributed by atoms with Crippen LogP contribution < -0.4 is 5.32 Å². The molecule has 148 valence electrons. The summed E-state index contributed by atoms with van der Waals surface area (Å²) in [4.78, 5) is 15.2. The fourth-order valence-electron chi connectivity index (χ4n) is 6.42. The second-order valence-corrected chi connectivity index (χ2v) is 9.37. The third kappa shape index (κ3) is 3.56. The number of ether oxygens (including phenoxy) is 1. The van der Waals surface area contributed by atoms with Gasteiger partial charge in [0.25, 0.3) is 5.91 Å². The molecule has 1 atom stereocenters. The lowest BCUT2D eigenvalue weighted by Crippen LogP contribution is -2.59. The van der Waals surface area contributed by atoms with Crippen LogP contribution in [0.5, 0.6) is 0 Å². The molecule has 4 saturated carbocycles. The number of rotatable bonds is 4. The Morgan fingerprint density at radius 1 is 1.18 bits per heavy atom. The van der Waals surface area contributed by atoms with Crippen molar-refractivity contribution < 1.29 is 9.53 Å². The van der Waals surface area contributed by atoms with Gasteiger partial charge in [0, 0.05) is 25.7 Å². The van der Waals surface area contributed by atoms with E-state index in [-0.39, 0.29) is 12.0 Å². The molecule has 6 rings (SSSR count). The molecular weight excluding hydrogens is 350 g/mol. The molecule has 1 N–H and O–H groups in total. The zero-order valence-electron chi connectivity index (χ0n) is 16.3. The highest BCUT2D eigenvalue weighted by Crippen LogP contribution is 2.53. The highest BCUT2D eigenvalue weighted by molar-refractivity contribution is 5.81. The maximum atomic E-state index is 13.0. The molecule has 1 saturated heterocycles. The molecule has 1 amide bonds. The molecule has 5 aliphatic rings. The van der Waals surface area contributed by atoms with Gasteiger partial charge >= 0.3 is 0 Å². The normalized spacial score (nSPS) is 36.8. The van der Waals surface area contributed by atoms with Crippen LogP contribution in [0.1, 0.15) is 43.2 Å². The third-order valence-corrected chi connectivity index (χ3v) is 7.44. The van der Waals surface area contributed by atoms with Gasteiger partial charge in [0.05, 0.1) is 18.2 Å². The van der Waals surface area contributed by atoms with Crippen LogP contribution in [0.2, 0.25) is 0 Å². The number of nitriles is 1. The smallest absolute Gasteiger partial charge is 0.250 e. The summed E-state index contributed by atoms with van der Waals surface area (Å²) in [5.74, 6) is 3.29. The Kier molecular flexibility index (Phi) is 4.86. The van der Waals surface area contributed by atoms with E-state index in [1.807, 2.05) is 24.3 Å². The molecule has 4 aliphatic carbocycles. The molecule has 1 heterocycles. The van der Waals surface area contributed by atoms with E-state index in [1.165, 1.54) is 32.1 Å². The first-order chi connectivity index (χ1) is 13.7. The summed E-state index contributed by atoms with van der Waals surface area (Å²) in [6.45, 7) is 2.77. The van der Waals surface area contributed by atoms with Gasteiger partial charge in [-0.2, -0.15) is 5.26 Å². The molecule has 0 radical (unpaired) electrons. The standard InChI is InChI=1S/C23H29N3O2/c24-12-15-2-1-3-16(6-15)13-26-4-5-28-21(14-26)23(27)25-22-19-8-17-7-18(10-19)11-20(22)9-17/h1-3,6,17-22H,4-5,7-11,13-14H2,(H,25,27). The van der Waals surface area contributed by atoms with Gasteiger partial charge in [-0.15, -0.1) is 0 Å². The lowest BCUT2D eigenvalue weighted by atomic mass is 9.54. The lowest BCUT2D eigenvalue weighted by molar-refractivity contribution is -0.142. The Balaban J connectivity index is 1.19.